The first-order valence-corrected chi connectivity index (χ1v) is 31.4. The Hall–Kier alpha value is -1.54. The first kappa shape index (κ1) is 68.5. The van der Waals surface area contributed by atoms with E-state index in [4.69, 9.17) is 18.5 Å². The molecule has 0 saturated heterocycles. The predicted octanol–water partition coefficient (Wildman–Crippen LogP) is 19.0. The molecule has 0 aliphatic rings. The molecule has 2 atom stereocenters. The second-order valence-electron chi connectivity index (χ2n) is 21.4. The molecule has 0 radical (unpaired) electrons. The smallest absolute Gasteiger partial charge is 0.457 e. The van der Waals surface area contributed by atoms with Gasteiger partial charge in [-0.2, -0.15) is 0 Å². The summed E-state index contributed by atoms with van der Waals surface area (Å²) in [7, 11) is 1.68. The van der Waals surface area contributed by atoms with Crippen molar-refractivity contribution in [1.82, 2.24) is 0 Å². The van der Waals surface area contributed by atoms with Gasteiger partial charge in [0.15, 0.2) is 0 Å². The van der Waals surface area contributed by atoms with Crippen LogP contribution < -0.4 is 0 Å². The van der Waals surface area contributed by atoms with Crippen LogP contribution in [0.5, 0.6) is 0 Å². The maximum atomic E-state index is 12.8. The van der Waals surface area contributed by atoms with Crippen molar-refractivity contribution >= 4 is 13.8 Å². The Labute approximate surface area is 435 Å². The zero-order valence-electron chi connectivity index (χ0n) is 47.0. The highest BCUT2D eigenvalue weighted by Crippen LogP contribution is 2.43. The van der Waals surface area contributed by atoms with Crippen LogP contribution >= 0.6 is 7.82 Å². The molecule has 412 valence electrons. The molecule has 1 N–H and O–H groups in total. The lowest BCUT2D eigenvalue weighted by Crippen LogP contribution is -2.37. The normalized spacial score (nSPS) is 13.7. The highest BCUT2D eigenvalue weighted by atomic mass is 31.2. The molecule has 0 aromatic heterocycles. The Bertz CT molecular complexity index is 1260. The fraction of sp³-hybridized carbons (Fsp3) is 0.852. The molecule has 0 aromatic rings. The van der Waals surface area contributed by atoms with E-state index in [2.05, 4.69) is 62.5 Å². The number of quaternary nitrogens is 1. The minimum Gasteiger partial charge on any atom is -0.457 e. The fourth-order valence-electron chi connectivity index (χ4n) is 8.61. The zero-order valence-corrected chi connectivity index (χ0v) is 47.9. The number of esters is 1. The van der Waals surface area contributed by atoms with Gasteiger partial charge in [-0.1, -0.05) is 268 Å². The van der Waals surface area contributed by atoms with Crippen LogP contribution in [0.2, 0.25) is 0 Å². The summed E-state index contributed by atoms with van der Waals surface area (Å²) in [5, 5.41) is 0. The quantitative estimate of drug-likeness (QED) is 0.0213. The molecule has 0 bridgehead atoms. The lowest BCUT2D eigenvalue weighted by molar-refractivity contribution is -0.870. The van der Waals surface area contributed by atoms with Gasteiger partial charge in [0.1, 0.15) is 19.3 Å². The van der Waals surface area contributed by atoms with Gasteiger partial charge in [0.25, 0.3) is 0 Å². The topological polar surface area (TPSA) is 91.3 Å². The summed E-state index contributed by atoms with van der Waals surface area (Å²) in [5.74, 6) is -0.309. The number of phosphoric ester groups is 1. The monoisotopic (exact) mass is 1010 g/mol. The van der Waals surface area contributed by atoms with E-state index >= 15 is 0 Å². The van der Waals surface area contributed by atoms with Crippen LogP contribution in [0.4, 0.5) is 0 Å². The molecule has 0 spiro atoms. The van der Waals surface area contributed by atoms with Crippen LogP contribution in [-0.2, 0) is 27.9 Å². The summed E-state index contributed by atoms with van der Waals surface area (Å²) in [6.07, 6.45) is 69.0. The molecular formula is C61H117NO7P+. The molecule has 0 heterocycles. The van der Waals surface area contributed by atoms with Gasteiger partial charge in [-0.05, 0) is 51.4 Å². The molecule has 9 heteroatoms. The first-order valence-electron chi connectivity index (χ1n) is 29.9. The van der Waals surface area contributed by atoms with Crippen molar-refractivity contribution < 1.29 is 37.3 Å². The van der Waals surface area contributed by atoms with Crippen LogP contribution in [-0.4, -0.2) is 75.6 Å². The standard InChI is InChI=1S/C61H116NO7P/c1-6-8-10-12-14-16-18-20-22-24-26-28-30-32-34-36-38-40-42-44-46-48-50-52-54-61(63)69-60(59-68-70(64,65)67-57-55-62(3,4)5)58-66-56-53-51-49-47-45-43-41-39-37-35-33-31-29-27-25-23-21-19-17-15-13-11-9-7-2/h9,11,15,17,21,23,27,29,60H,6-8,10,12-14,16,18-20,22,24-26,28,30-59H2,1-5H3/p+1/b11-9-,17-15-,23-21-,29-27-. The van der Waals surface area contributed by atoms with Gasteiger partial charge in [0.2, 0.25) is 0 Å². The number of hydrogen-bond donors (Lipinski definition) is 1. The highest BCUT2D eigenvalue weighted by molar-refractivity contribution is 7.47. The van der Waals surface area contributed by atoms with E-state index in [1.807, 2.05) is 21.1 Å². The van der Waals surface area contributed by atoms with Crippen molar-refractivity contribution in [2.75, 3.05) is 54.1 Å². The summed E-state index contributed by atoms with van der Waals surface area (Å²) in [6.45, 7) is 5.56. The largest absolute Gasteiger partial charge is 0.472 e. The van der Waals surface area contributed by atoms with E-state index in [0.29, 0.717) is 24.1 Å². The van der Waals surface area contributed by atoms with E-state index in [-0.39, 0.29) is 25.8 Å². The average molecular weight is 1010 g/mol. The van der Waals surface area contributed by atoms with Crippen molar-refractivity contribution in [3.63, 3.8) is 0 Å². The third kappa shape index (κ3) is 57.4. The summed E-state index contributed by atoms with van der Waals surface area (Å²) < 4.78 is 35.3. The Morgan fingerprint density at radius 2 is 0.829 bits per heavy atom. The SMILES string of the molecule is CC/C=C\C/C=C\C/C=C\C/C=C\CCCCCCCCCCCCCOCC(COP(=O)(O)OCC[N+](C)(C)C)OC(=O)CCCCCCCCCCCCCCCCCCCCCCCCCC. The van der Waals surface area contributed by atoms with Crippen molar-refractivity contribution in [3.8, 4) is 0 Å². The summed E-state index contributed by atoms with van der Waals surface area (Å²) in [4.78, 5) is 23.1. The van der Waals surface area contributed by atoms with Crippen LogP contribution in [0.15, 0.2) is 48.6 Å². The summed E-state index contributed by atoms with van der Waals surface area (Å²) in [6, 6.07) is 0. The third-order valence-corrected chi connectivity index (χ3v) is 14.1. The van der Waals surface area contributed by atoms with Gasteiger partial charge in [-0.25, -0.2) is 4.57 Å². The van der Waals surface area contributed by atoms with E-state index in [9.17, 15) is 14.3 Å². The number of carbonyl (C=O) groups excluding carboxylic acids is 1. The molecule has 0 rings (SSSR count). The van der Waals surface area contributed by atoms with Gasteiger partial charge in [0.05, 0.1) is 34.4 Å². The number of allylic oxidation sites excluding steroid dienone is 8. The lowest BCUT2D eigenvalue weighted by atomic mass is 10.0. The molecule has 8 nitrogen and oxygen atoms in total. The van der Waals surface area contributed by atoms with E-state index < -0.39 is 13.9 Å². The van der Waals surface area contributed by atoms with Crippen molar-refractivity contribution in [2.45, 2.75) is 283 Å². The van der Waals surface area contributed by atoms with E-state index in [1.54, 1.807) is 0 Å². The van der Waals surface area contributed by atoms with Crippen molar-refractivity contribution in [1.29, 1.82) is 0 Å². The lowest BCUT2D eigenvalue weighted by Gasteiger charge is -2.24. The minimum atomic E-state index is -4.29. The molecule has 0 aromatic carbocycles. The van der Waals surface area contributed by atoms with Crippen molar-refractivity contribution in [2.24, 2.45) is 0 Å². The Morgan fingerprint density at radius 3 is 1.24 bits per heavy atom. The van der Waals surface area contributed by atoms with Crippen molar-refractivity contribution in [3.05, 3.63) is 48.6 Å². The van der Waals surface area contributed by atoms with Crippen LogP contribution in [0.25, 0.3) is 0 Å². The van der Waals surface area contributed by atoms with Crippen LogP contribution in [0, 0.1) is 0 Å². The number of unbranched alkanes of at least 4 members (excludes halogenated alkanes) is 34. The second kappa shape index (κ2) is 53.7. The number of phosphoric acid groups is 1. The van der Waals surface area contributed by atoms with Crippen LogP contribution in [0.1, 0.15) is 277 Å². The number of hydrogen-bond acceptors (Lipinski definition) is 6. The van der Waals surface area contributed by atoms with Gasteiger partial charge >= 0.3 is 13.8 Å². The van der Waals surface area contributed by atoms with Gasteiger partial charge in [0, 0.05) is 13.0 Å². The predicted molar refractivity (Wildman–Crippen MR) is 303 cm³/mol. The fourth-order valence-corrected chi connectivity index (χ4v) is 9.35. The number of likely N-dealkylation sites (N-methyl/N-ethyl adjacent to an activating group) is 1. The summed E-state index contributed by atoms with van der Waals surface area (Å²) >= 11 is 0. The molecule has 70 heavy (non-hydrogen) atoms. The maximum absolute atomic E-state index is 12.8. The zero-order chi connectivity index (χ0) is 51.2. The molecule has 2 unspecified atom stereocenters. The molecular weight excluding hydrogens is 890 g/mol. The molecule has 0 aliphatic carbocycles. The number of nitrogens with zero attached hydrogens (tertiary/aromatic N) is 1. The second-order valence-corrected chi connectivity index (χ2v) is 22.8. The highest BCUT2D eigenvalue weighted by Gasteiger charge is 2.26. The molecule has 0 saturated carbocycles. The maximum Gasteiger partial charge on any atom is 0.472 e. The van der Waals surface area contributed by atoms with Crippen LogP contribution in [0.3, 0.4) is 0 Å². The Morgan fingerprint density at radius 1 is 0.457 bits per heavy atom. The number of ether oxygens (including phenoxy) is 2. The van der Waals surface area contributed by atoms with Gasteiger partial charge in [-0.3, -0.25) is 13.8 Å². The molecule has 0 amide bonds. The number of carbonyl (C=O) groups is 1. The van der Waals surface area contributed by atoms with Gasteiger partial charge in [-0.15, -0.1) is 0 Å². The Balaban J connectivity index is 4.03. The molecule has 0 aliphatic heterocycles. The first-order chi connectivity index (χ1) is 34.1. The minimum absolute atomic E-state index is 0.0888. The van der Waals surface area contributed by atoms with Gasteiger partial charge < -0.3 is 18.9 Å². The third-order valence-electron chi connectivity index (χ3n) is 13.2. The number of rotatable bonds is 56. The van der Waals surface area contributed by atoms with E-state index in [1.165, 1.54) is 199 Å². The van der Waals surface area contributed by atoms with E-state index in [0.717, 1.165) is 57.8 Å². The molecule has 0 fully saturated rings. The Kier molecular flexibility index (Phi) is 52.6. The summed E-state index contributed by atoms with van der Waals surface area (Å²) in [5.41, 5.74) is 0. The average Bonchev–Trinajstić information content (AvgIpc) is 3.32.